The van der Waals surface area contributed by atoms with Gasteiger partial charge in [-0.25, -0.2) is 4.99 Å². The highest BCUT2D eigenvalue weighted by atomic mass is 32.1. The van der Waals surface area contributed by atoms with Gasteiger partial charge in [0.25, 0.3) is 0 Å². The molecule has 0 amide bonds. The molecule has 0 aliphatic carbocycles. The molecular formula is C25H26N4OS. The van der Waals surface area contributed by atoms with Crippen molar-refractivity contribution >= 4 is 39.5 Å². The van der Waals surface area contributed by atoms with Gasteiger partial charge in [0.2, 0.25) is 0 Å². The molecule has 0 spiro atoms. The van der Waals surface area contributed by atoms with Crippen LogP contribution in [0.2, 0.25) is 0 Å². The number of hydrogen-bond acceptors (Lipinski definition) is 4. The van der Waals surface area contributed by atoms with Crippen LogP contribution in [0.15, 0.2) is 71.2 Å². The lowest BCUT2D eigenvalue weighted by atomic mass is 9.89. The summed E-state index contributed by atoms with van der Waals surface area (Å²) in [5.74, 6) is 2.04. The first kappa shape index (κ1) is 19.7. The second-order valence-electron chi connectivity index (χ2n) is 7.91. The highest BCUT2D eigenvalue weighted by Crippen LogP contribution is 2.36. The van der Waals surface area contributed by atoms with E-state index in [0.717, 1.165) is 42.2 Å². The first-order valence-electron chi connectivity index (χ1n) is 10.6. The number of aromatic nitrogens is 1. The predicted octanol–water partition coefficient (Wildman–Crippen LogP) is 5.66. The van der Waals surface area contributed by atoms with E-state index in [0.29, 0.717) is 11.8 Å². The molecule has 31 heavy (non-hydrogen) atoms. The molecule has 1 saturated heterocycles. The Bertz CT molecular complexity index is 1190. The molecule has 0 unspecified atom stereocenters. The van der Waals surface area contributed by atoms with E-state index < -0.39 is 0 Å². The number of piperidine rings is 1. The Labute approximate surface area is 186 Å². The van der Waals surface area contributed by atoms with Crippen molar-refractivity contribution in [2.45, 2.75) is 18.8 Å². The molecular weight excluding hydrogens is 404 g/mol. The molecule has 2 aromatic carbocycles. The number of rotatable bonds is 5. The molecule has 1 fully saturated rings. The van der Waals surface area contributed by atoms with Crippen molar-refractivity contribution in [3.05, 3.63) is 76.6 Å². The fraction of sp³-hybridized carbons (Fsp3) is 0.240. The Morgan fingerprint density at radius 1 is 1.13 bits per heavy atom. The summed E-state index contributed by atoms with van der Waals surface area (Å²) >= 11 is 1.60. The lowest BCUT2D eigenvalue weighted by Crippen LogP contribution is -2.32. The van der Waals surface area contributed by atoms with Crippen LogP contribution in [0.5, 0.6) is 5.75 Å². The highest BCUT2D eigenvalue weighted by molar-refractivity contribution is 7.12. The van der Waals surface area contributed by atoms with Crippen LogP contribution in [0.1, 0.15) is 29.2 Å². The zero-order chi connectivity index (χ0) is 21.2. The third kappa shape index (κ3) is 4.03. The topological polar surface area (TPSA) is 66.6 Å². The van der Waals surface area contributed by atoms with E-state index in [9.17, 15) is 0 Å². The molecule has 3 N–H and O–H groups in total. The number of methoxy groups -OCH3 is 1. The lowest BCUT2D eigenvalue weighted by Gasteiger charge is -2.33. The van der Waals surface area contributed by atoms with Crippen molar-refractivity contribution in [1.82, 2.24) is 4.98 Å². The molecule has 6 heteroatoms. The maximum atomic E-state index is 6.11. The number of benzene rings is 2. The summed E-state index contributed by atoms with van der Waals surface area (Å²) in [4.78, 5) is 11.4. The summed E-state index contributed by atoms with van der Waals surface area (Å²) in [5.41, 5.74) is 10.8. The fourth-order valence-electron chi connectivity index (χ4n) is 4.39. The van der Waals surface area contributed by atoms with Gasteiger partial charge >= 0.3 is 0 Å². The van der Waals surface area contributed by atoms with E-state index in [1.807, 2.05) is 35.7 Å². The molecule has 3 heterocycles. The number of ether oxygens (including phenoxy) is 1. The van der Waals surface area contributed by atoms with E-state index >= 15 is 0 Å². The van der Waals surface area contributed by atoms with E-state index in [1.165, 1.54) is 22.2 Å². The number of nitrogens with one attached hydrogen (secondary N) is 1. The number of aliphatic imine (C=N–C) groups is 1. The average Bonchev–Trinajstić information content (AvgIpc) is 3.50. The minimum Gasteiger partial charge on any atom is -0.497 e. The van der Waals surface area contributed by atoms with Gasteiger partial charge < -0.3 is 20.4 Å². The standard InChI is InChI=1S/C25H26N4OS/c1-30-20-8-9-23-21(15-20)22(16-27-23)17-10-12-29(13-11-17)19-6-4-18(5-7-19)28-25(26)24-3-2-14-31-24/h2-9,14-17,27H,10-13H2,1H3,(H2,26,28). The molecule has 0 atom stereocenters. The number of nitrogens with two attached hydrogens (primary N) is 1. The summed E-state index contributed by atoms with van der Waals surface area (Å²) in [5, 5.41) is 3.29. The van der Waals surface area contributed by atoms with Gasteiger partial charge in [0.15, 0.2) is 0 Å². The first-order valence-corrected chi connectivity index (χ1v) is 11.5. The van der Waals surface area contributed by atoms with Gasteiger partial charge in [-0.2, -0.15) is 0 Å². The molecule has 1 aliphatic heterocycles. The Balaban J connectivity index is 1.26. The summed E-state index contributed by atoms with van der Waals surface area (Å²) in [6.45, 7) is 2.09. The molecule has 1 aliphatic rings. The highest BCUT2D eigenvalue weighted by Gasteiger charge is 2.23. The molecule has 0 bridgehead atoms. The van der Waals surface area contributed by atoms with Crippen LogP contribution < -0.4 is 15.4 Å². The van der Waals surface area contributed by atoms with Gasteiger partial charge in [-0.1, -0.05) is 6.07 Å². The number of aromatic amines is 1. The van der Waals surface area contributed by atoms with Crippen LogP contribution in [0.25, 0.3) is 10.9 Å². The second kappa shape index (κ2) is 8.47. The Morgan fingerprint density at radius 2 is 1.94 bits per heavy atom. The number of amidine groups is 1. The van der Waals surface area contributed by atoms with Gasteiger partial charge in [0.05, 0.1) is 17.7 Å². The Hall–Kier alpha value is -3.25. The van der Waals surface area contributed by atoms with Gasteiger partial charge in [-0.05, 0) is 78.2 Å². The average molecular weight is 431 g/mol. The van der Waals surface area contributed by atoms with Crippen LogP contribution in [0, 0.1) is 0 Å². The first-order chi connectivity index (χ1) is 15.2. The summed E-state index contributed by atoms with van der Waals surface area (Å²) < 4.78 is 5.42. The number of fused-ring (bicyclic) bond motifs is 1. The van der Waals surface area contributed by atoms with E-state index in [4.69, 9.17) is 10.5 Å². The van der Waals surface area contributed by atoms with Crippen LogP contribution in [-0.2, 0) is 0 Å². The number of nitrogens with zero attached hydrogens (tertiary/aromatic N) is 2. The van der Waals surface area contributed by atoms with Crippen LogP contribution in [-0.4, -0.2) is 31.0 Å². The molecule has 0 saturated carbocycles. The van der Waals surface area contributed by atoms with Crippen molar-refractivity contribution in [3.8, 4) is 5.75 Å². The monoisotopic (exact) mass is 430 g/mol. The van der Waals surface area contributed by atoms with Crippen molar-refractivity contribution in [2.75, 3.05) is 25.1 Å². The quantitative estimate of drug-likeness (QED) is 0.317. The Kier molecular flexibility index (Phi) is 5.38. The molecule has 5 rings (SSSR count). The predicted molar refractivity (Wildman–Crippen MR) is 130 cm³/mol. The van der Waals surface area contributed by atoms with Crippen LogP contribution in [0.3, 0.4) is 0 Å². The zero-order valence-electron chi connectivity index (χ0n) is 17.5. The van der Waals surface area contributed by atoms with Crippen molar-refractivity contribution in [1.29, 1.82) is 0 Å². The third-order valence-electron chi connectivity index (χ3n) is 6.09. The number of anilines is 1. The largest absolute Gasteiger partial charge is 0.497 e. The summed E-state index contributed by atoms with van der Waals surface area (Å²) in [6.07, 6.45) is 4.44. The van der Waals surface area contributed by atoms with Gasteiger partial charge in [0, 0.05) is 35.9 Å². The van der Waals surface area contributed by atoms with E-state index in [2.05, 4.69) is 45.3 Å². The molecule has 5 nitrogen and oxygen atoms in total. The van der Waals surface area contributed by atoms with Crippen LogP contribution in [0.4, 0.5) is 11.4 Å². The maximum Gasteiger partial charge on any atom is 0.141 e. The summed E-state index contributed by atoms with van der Waals surface area (Å²) in [7, 11) is 1.72. The normalized spacial score (nSPS) is 15.5. The second-order valence-corrected chi connectivity index (χ2v) is 8.86. The Morgan fingerprint density at radius 3 is 2.65 bits per heavy atom. The number of thiophene rings is 1. The van der Waals surface area contributed by atoms with Gasteiger partial charge in [0.1, 0.15) is 11.6 Å². The van der Waals surface area contributed by atoms with Crippen molar-refractivity contribution < 1.29 is 4.74 Å². The minimum atomic E-state index is 0.562. The van der Waals surface area contributed by atoms with Crippen molar-refractivity contribution in [2.24, 2.45) is 10.7 Å². The molecule has 4 aromatic rings. The lowest BCUT2D eigenvalue weighted by molar-refractivity contribution is 0.415. The van der Waals surface area contributed by atoms with Gasteiger partial charge in [-0.3, -0.25) is 0 Å². The summed E-state index contributed by atoms with van der Waals surface area (Å²) in [6, 6.07) is 18.6. The SMILES string of the molecule is COc1ccc2[nH]cc(C3CCN(c4ccc(N=C(N)c5cccs5)cc4)CC3)c2c1. The third-order valence-corrected chi connectivity index (χ3v) is 6.99. The molecule has 158 valence electrons. The van der Waals surface area contributed by atoms with E-state index in [-0.39, 0.29) is 0 Å². The van der Waals surface area contributed by atoms with Gasteiger partial charge in [-0.15, -0.1) is 11.3 Å². The molecule has 2 aromatic heterocycles. The van der Waals surface area contributed by atoms with Crippen LogP contribution >= 0.6 is 11.3 Å². The fourth-order valence-corrected chi connectivity index (χ4v) is 5.02. The number of hydrogen-bond donors (Lipinski definition) is 2. The van der Waals surface area contributed by atoms with E-state index in [1.54, 1.807) is 18.4 Å². The smallest absolute Gasteiger partial charge is 0.141 e. The zero-order valence-corrected chi connectivity index (χ0v) is 18.4. The maximum absolute atomic E-state index is 6.11. The number of H-pyrrole nitrogens is 1. The van der Waals surface area contributed by atoms with Crippen molar-refractivity contribution in [3.63, 3.8) is 0 Å². The molecule has 0 radical (unpaired) electrons. The minimum absolute atomic E-state index is 0.562.